The molecule has 0 spiro atoms. The van der Waals surface area contributed by atoms with Gasteiger partial charge in [0.05, 0.1) is 0 Å². The van der Waals surface area contributed by atoms with Crippen molar-refractivity contribution in [2.24, 2.45) is 0 Å². The van der Waals surface area contributed by atoms with Gasteiger partial charge in [0.2, 0.25) is 0 Å². The summed E-state index contributed by atoms with van der Waals surface area (Å²) in [6.45, 7) is 1.85. The largest absolute Gasteiger partial charge is 0.322 e. The number of nitrogens with zero attached hydrogens (tertiary/aromatic N) is 1. The molecule has 86 valence electrons. The van der Waals surface area contributed by atoms with Crippen LogP contribution in [0.5, 0.6) is 0 Å². The van der Waals surface area contributed by atoms with Crippen LogP contribution in [0.2, 0.25) is 0 Å². The van der Waals surface area contributed by atoms with Crippen LogP contribution in [0.25, 0.3) is 0 Å². The molecule has 0 fully saturated rings. The number of benzene rings is 1. The van der Waals surface area contributed by atoms with Crippen LogP contribution in [-0.2, 0) is 0 Å². The first-order chi connectivity index (χ1) is 8.16. The second-order valence-corrected chi connectivity index (χ2v) is 3.65. The maximum atomic E-state index is 12.7. The first kappa shape index (κ1) is 11.3. The summed E-state index contributed by atoms with van der Waals surface area (Å²) in [5.74, 6) is -0.624. The second-order valence-electron chi connectivity index (χ2n) is 3.65. The lowest BCUT2D eigenvalue weighted by Crippen LogP contribution is -2.12. The number of rotatable bonds is 2. The number of aromatic nitrogens is 1. The fourth-order valence-electron chi connectivity index (χ4n) is 1.41. The Hall–Kier alpha value is -2.23. The minimum absolute atomic E-state index is 0.265. The van der Waals surface area contributed by atoms with Crippen molar-refractivity contribution in [3.05, 3.63) is 59.7 Å². The van der Waals surface area contributed by atoms with Gasteiger partial charge in [-0.2, -0.15) is 0 Å². The molecule has 3 nitrogen and oxygen atoms in total. The Bertz CT molecular complexity index is 537. The molecule has 0 aliphatic heterocycles. The number of carbonyl (C=O) groups is 1. The fourth-order valence-corrected chi connectivity index (χ4v) is 1.41. The van der Waals surface area contributed by atoms with Crippen LogP contribution in [0.4, 0.5) is 10.1 Å². The number of hydrogen-bond donors (Lipinski definition) is 1. The van der Waals surface area contributed by atoms with E-state index in [2.05, 4.69) is 10.3 Å². The van der Waals surface area contributed by atoms with Gasteiger partial charge in [-0.05, 0) is 42.8 Å². The number of amides is 1. The second kappa shape index (κ2) is 4.74. The van der Waals surface area contributed by atoms with Crippen molar-refractivity contribution in [1.29, 1.82) is 0 Å². The van der Waals surface area contributed by atoms with Crippen molar-refractivity contribution in [3.63, 3.8) is 0 Å². The van der Waals surface area contributed by atoms with Gasteiger partial charge < -0.3 is 5.32 Å². The maximum absolute atomic E-state index is 12.7. The van der Waals surface area contributed by atoms with Crippen molar-refractivity contribution in [2.45, 2.75) is 6.92 Å². The molecule has 17 heavy (non-hydrogen) atoms. The van der Waals surface area contributed by atoms with Crippen LogP contribution in [0.15, 0.2) is 42.7 Å². The Morgan fingerprint density at radius 2 is 1.94 bits per heavy atom. The third kappa shape index (κ3) is 2.66. The normalized spacial score (nSPS) is 10.0. The van der Waals surface area contributed by atoms with Gasteiger partial charge in [0, 0.05) is 23.6 Å². The lowest BCUT2D eigenvalue weighted by molar-refractivity contribution is 0.102. The van der Waals surface area contributed by atoms with Crippen LogP contribution in [-0.4, -0.2) is 10.9 Å². The highest BCUT2D eigenvalue weighted by atomic mass is 19.1. The molecule has 0 atom stereocenters. The van der Waals surface area contributed by atoms with E-state index in [9.17, 15) is 9.18 Å². The van der Waals surface area contributed by atoms with Crippen molar-refractivity contribution >= 4 is 11.6 Å². The van der Waals surface area contributed by atoms with Crippen molar-refractivity contribution in [3.8, 4) is 0 Å². The van der Waals surface area contributed by atoms with Crippen LogP contribution in [0.1, 0.15) is 15.9 Å². The van der Waals surface area contributed by atoms with Crippen LogP contribution < -0.4 is 5.32 Å². The first-order valence-electron chi connectivity index (χ1n) is 5.14. The van der Waals surface area contributed by atoms with E-state index in [1.165, 1.54) is 24.3 Å². The lowest BCUT2D eigenvalue weighted by Gasteiger charge is -2.07. The molecule has 1 heterocycles. The fraction of sp³-hybridized carbons (Fsp3) is 0.0769. The summed E-state index contributed by atoms with van der Waals surface area (Å²) in [6.07, 6.45) is 3.27. The lowest BCUT2D eigenvalue weighted by atomic mass is 10.2. The Labute approximate surface area is 98.3 Å². The SMILES string of the molecule is Cc1cnccc1NC(=O)c1ccc(F)cc1. The van der Waals surface area contributed by atoms with Gasteiger partial charge in [0.25, 0.3) is 5.91 Å². The zero-order valence-corrected chi connectivity index (χ0v) is 9.27. The summed E-state index contributed by atoms with van der Waals surface area (Å²) >= 11 is 0. The summed E-state index contributed by atoms with van der Waals surface area (Å²) in [5, 5.41) is 2.74. The van der Waals surface area contributed by atoms with E-state index in [4.69, 9.17) is 0 Å². The number of halogens is 1. The van der Waals surface area contributed by atoms with E-state index in [-0.39, 0.29) is 11.7 Å². The van der Waals surface area contributed by atoms with E-state index >= 15 is 0 Å². The molecule has 1 aromatic carbocycles. The molecule has 1 aromatic heterocycles. The Balaban J connectivity index is 2.17. The molecule has 1 N–H and O–H groups in total. The Morgan fingerprint density at radius 3 is 2.59 bits per heavy atom. The van der Waals surface area contributed by atoms with Crippen molar-refractivity contribution in [1.82, 2.24) is 4.98 Å². The monoisotopic (exact) mass is 230 g/mol. The molecule has 0 bridgehead atoms. The number of hydrogen-bond acceptors (Lipinski definition) is 2. The average Bonchev–Trinajstić information content (AvgIpc) is 2.33. The highest BCUT2D eigenvalue weighted by Gasteiger charge is 2.07. The molecule has 0 aliphatic carbocycles. The van der Waals surface area contributed by atoms with E-state index in [1.54, 1.807) is 18.5 Å². The third-order valence-corrected chi connectivity index (χ3v) is 2.37. The predicted octanol–water partition coefficient (Wildman–Crippen LogP) is 2.78. The average molecular weight is 230 g/mol. The minimum atomic E-state index is -0.360. The molecule has 0 radical (unpaired) electrons. The molecular formula is C13H11FN2O. The standard InChI is InChI=1S/C13H11FN2O/c1-9-8-15-7-6-12(9)16-13(17)10-2-4-11(14)5-3-10/h2-8H,1H3,(H,15,16,17). The Kier molecular flexibility index (Phi) is 3.14. The van der Waals surface area contributed by atoms with Gasteiger partial charge in [0.1, 0.15) is 5.82 Å². The van der Waals surface area contributed by atoms with E-state index in [1.807, 2.05) is 6.92 Å². The van der Waals surface area contributed by atoms with Gasteiger partial charge in [0.15, 0.2) is 0 Å². The van der Waals surface area contributed by atoms with Gasteiger partial charge in [-0.15, -0.1) is 0 Å². The summed E-state index contributed by atoms with van der Waals surface area (Å²) in [5.41, 5.74) is 2.00. The minimum Gasteiger partial charge on any atom is -0.322 e. The predicted molar refractivity (Wildman–Crippen MR) is 63.3 cm³/mol. The summed E-state index contributed by atoms with van der Waals surface area (Å²) in [6, 6.07) is 7.13. The molecule has 2 aromatic rings. The smallest absolute Gasteiger partial charge is 0.255 e. The zero-order valence-electron chi connectivity index (χ0n) is 9.27. The number of aryl methyl sites for hydroxylation is 1. The highest BCUT2D eigenvalue weighted by Crippen LogP contribution is 2.13. The van der Waals surface area contributed by atoms with Gasteiger partial charge >= 0.3 is 0 Å². The molecule has 0 unspecified atom stereocenters. The number of nitrogens with one attached hydrogen (secondary N) is 1. The maximum Gasteiger partial charge on any atom is 0.255 e. The number of pyridine rings is 1. The summed E-state index contributed by atoms with van der Waals surface area (Å²) < 4.78 is 12.7. The van der Waals surface area contributed by atoms with Crippen LogP contribution in [0, 0.1) is 12.7 Å². The summed E-state index contributed by atoms with van der Waals surface area (Å²) in [4.78, 5) is 15.8. The quantitative estimate of drug-likeness (QED) is 0.861. The van der Waals surface area contributed by atoms with Crippen molar-refractivity contribution in [2.75, 3.05) is 5.32 Å². The van der Waals surface area contributed by atoms with E-state index < -0.39 is 0 Å². The van der Waals surface area contributed by atoms with E-state index in [0.29, 0.717) is 11.3 Å². The van der Waals surface area contributed by atoms with Gasteiger partial charge in [-0.3, -0.25) is 9.78 Å². The highest BCUT2D eigenvalue weighted by molar-refractivity contribution is 6.04. The van der Waals surface area contributed by atoms with Gasteiger partial charge in [-0.1, -0.05) is 0 Å². The molecule has 1 amide bonds. The molecule has 4 heteroatoms. The van der Waals surface area contributed by atoms with Crippen LogP contribution >= 0.6 is 0 Å². The summed E-state index contributed by atoms with van der Waals surface area (Å²) in [7, 11) is 0. The number of anilines is 1. The van der Waals surface area contributed by atoms with E-state index in [0.717, 1.165) is 5.56 Å². The first-order valence-corrected chi connectivity index (χ1v) is 5.14. The third-order valence-electron chi connectivity index (χ3n) is 2.37. The molecule has 0 aliphatic rings. The molecule has 0 saturated carbocycles. The van der Waals surface area contributed by atoms with Gasteiger partial charge in [-0.25, -0.2) is 4.39 Å². The van der Waals surface area contributed by atoms with Crippen LogP contribution in [0.3, 0.4) is 0 Å². The van der Waals surface area contributed by atoms with Crippen molar-refractivity contribution < 1.29 is 9.18 Å². The zero-order chi connectivity index (χ0) is 12.3. The molecule has 2 rings (SSSR count). The Morgan fingerprint density at radius 1 is 1.24 bits per heavy atom. The topological polar surface area (TPSA) is 42.0 Å². The number of carbonyl (C=O) groups excluding carboxylic acids is 1. The molecular weight excluding hydrogens is 219 g/mol. The molecule has 0 saturated heterocycles.